The van der Waals surface area contributed by atoms with E-state index < -0.39 is 0 Å². The summed E-state index contributed by atoms with van der Waals surface area (Å²) in [4.78, 5) is 2.58. The predicted molar refractivity (Wildman–Crippen MR) is 120 cm³/mol. The van der Waals surface area contributed by atoms with Gasteiger partial charge in [0.25, 0.3) is 0 Å². The summed E-state index contributed by atoms with van der Waals surface area (Å²) in [6.07, 6.45) is 3.39. The molecule has 0 bridgehead atoms. The molecule has 1 fully saturated rings. The topological polar surface area (TPSA) is 71.4 Å². The summed E-state index contributed by atoms with van der Waals surface area (Å²) in [7, 11) is 4.92. The molecular weight excluding hydrogens is 394 g/mol. The zero-order valence-electron chi connectivity index (χ0n) is 18.3. The Morgan fingerprint density at radius 1 is 0.871 bits per heavy atom. The first-order chi connectivity index (χ1) is 15.1. The molecule has 164 valence electrons. The Morgan fingerprint density at radius 2 is 1.61 bits per heavy atom. The summed E-state index contributed by atoms with van der Waals surface area (Å²) in [6, 6.07) is 6.62. The highest BCUT2D eigenvalue weighted by molar-refractivity contribution is 6.14. The summed E-state index contributed by atoms with van der Waals surface area (Å²) in [6.45, 7) is 1.76. The van der Waals surface area contributed by atoms with Crippen molar-refractivity contribution in [2.24, 2.45) is 0 Å². The largest absolute Gasteiger partial charge is 0.496 e. The maximum atomic E-state index is 10.0. The third-order valence-electron chi connectivity index (χ3n) is 7.06. The predicted octanol–water partition coefficient (Wildman–Crippen LogP) is 3.52. The lowest BCUT2D eigenvalue weighted by Crippen LogP contribution is -2.35. The van der Waals surface area contributed by atoms with E-state index in [1.54, 1.807) is 21.3 Å². The summed E-state index contributed by atoms with van der Waals surface area (Å²) >= 11 is 0. The molecule has 31 heavy (non-hydrogen) atoms. The normalized spacial score (nSPS) is 18.3. The molecule has 6 heteroatoms. The van der Waals surface area contributed by atoms with Gasteiger partial charge in [-0.1, -0.05) is 0 Å². The Labute approximate surface area is 181 Å². The molecule has 1 atom stereocenters. The molecule has 2 N–H and O–H groups in total. The highest BCUT2D eigenvalue weighted by Gasteiger charge is 2.34. The molecule has 1 unspecified atom stereocenters. The van der Waals surface area contributed by atoms with Gasteiger partial charge in [-0.3, -0.25) is 4.90 Å². The van der Waals surface area contributed by atoms with Gasteiger partial charge in [0, 0.05) is 29.1 Å². The summed E-state index contributed by atoms with van der Waals surface area (Å²) in [5.74, 6) is 1.96. The fourth-order valence-corrected chi connectivity index (χ4v) is 5.64. The minimum absolute atomic E-state index is 0.105. The van der Waals surface area contributed by atoms with Crippen LogP contribution in [0.3, 0.4) is 0 Å². The van der Waals surface area contributed by atoms with Gasteiger partial charge in [0.15, 0.2) is 11.5 Å². The highest BCUT2D eigenvalue weighted by atomic mass is 16.5. The second-order valence-corrected chi connectivity index (χ2v) is 8.48. The van der Waals surface area contributed by atoms with Crippen molar-refractivity contribution in [2.75, 3.05) is 27.9 Å². The van der Waals surface area contributed by atoms with E-state index in [4.69, 9.17) is 14.2 Å². The highest BCUT2D eigenvalue weighted by Crippen LogP contribution is 2.48. The van der Waals surface area contributed by atoms with Crippen LogP contribution >= 0.6 is 0 Å². The van der Waals surface area contributed by atoms with Gasteiger partial charge in [0.05, 0.1) is 34.5 Å². The summed E-state index contributed by atoms with van der Waals surface area (Å²) in [5, 5.41) is 24.2. The fraction of sp³-hybridized carbons (Fsp3) is 0.440. The molecule has 0 saturated carbocycles. The van der Waals surface area contributed by atoms with Crippen molar-refractivity contribution in [3.05, 3.63) is 40.5 Å². The lowest BCUT2D eigenvalue weighted by molar-refractivity contribution is 0.229. The standard InChI is InChI=1S/C25H29NO5/c1-29-22-10-18-17(7-14(22)12-27)19-8-15(13-28)24(30-2)25(31-3)23(19)20-9-16-5-4-6-26(16)11-21(18)20/h7-8,10,16,27-28H,4-6,9,11-13H2,1-3H3. The number of aliphatic hydroxyl groups is 2. The number of nitrogens with zero attached hydrogens (tertiary/aromatic N) is 1. The Kier molecular flexibility index (Phi) is 5.16. The van der Waals surface area contributed by atoms with E-state index in [1.165, 1.54) is 24.0 Å². The van der Waals surface area contributed by atoms with E-state index in [-0.39, 0.29) is 13.2 Å². The molecular formula is C25H29NO5. The Balaban J connectivity index is 1.96. The van der Waals surface area contributed by atoms with Crippen LogP contribution in [-0.4, -0.2) is 49.0 Å². The van der Waals surface area contributed by atoms with Crippen LogP contribution in [0.5, 0.6) is 17.2 Å². The molecule has 2 aliphatic heterocycles. The smallest absolute Gasteiger partial charge is 0.169 e. The van der Waals surface area contributed by atoms with Crippen LogP contribution in [-0.2, 0) is 26.2 Å². The van der Waals surface area contributed by atoms with Crippen molar-refractivity contribution in [3.8, 4) is 17.2 Å². The first kappa shape index (κ1) is 20.4. The fourth-order valence-electron chi connectivity index (χ4n) is 5.64. The van der Waals surface area contributed by atoms with Crippen molar-refractivity contribution in [2.45, 2.75) is 45.1 Å². The average Bonchev–Trinajstić information content (AvgIpc) is 3.28. The monoisotopic (exact) mass is 423 g/mol. The average molecular weight is 424 g/mol. The van der Waals surface area contributed by atoms with Crippen LogP contribution in [0.25, 0.3) is 21.5 Å². The maximum absolute atomic E-state index is 10.0. The van der Waals surface area contributed by atoms with Gasteiger partial charge >= 0.3 is 0 Å². The number of benzene rings is 3. The molecule has 5 rings (SSSR count). The second-order valence-electron chi connectivity index (χ2n) is 8.48. The van der Waals surface area contributed by atoms with Crippen molar-refractivity contribution in [3.63, 3.8) is 0 Å². The summed E-state index contributed by atoms with van der Waals surface area (Å²) in [5.41, 5.74) is 4.02. The molecule has 2 aliphatic rings. The van der Waals surface area contributed by atoms with Gasteiger partial charge in [-0.2, -0.15) is 0 Å². The van der Waals surface area contributed by atoms with E-state index in [0.29, 0.717) is 28.9 Å². The van der Waals surface area contributed by atoms with E-state index in [0.717, 1.165) is 46.6 Å². The zero-order valence-corrected chi connectivity index (χ0v) is 18.3. The molecule has 0 spiro atoms. The second kappa shape index (κ2) is 7.86. The Bertz CT molecular complexity index is 1170. The maximum Gasteiger partial charge on any atom is 0.169 e. The van der Waals surface area contributed by atoms with Gasteiger partial charge in [0.2, 0.25) is 0 Å². The van der Waals surface area contributed by atoms with Crippen LogP contribution in [0.2, 0.25) is 0 Å². The SMILES string of the molecule is COc1cc2c3c(c4c(OC)c(OC)c(CO)cc4c2cc1CO)CC1CCCN1C3. The first-order valence-electron chi connectivity index (χ1n) is 10.8. The van der Waals surface area contributed by atoms with Crippen molar-refractivity contribution < 1.29 is 24.4 Å². The van der Waals surface area contributed by atoms with Crippen LogP contribution in [0, 0.1) is 0 Å². The van der Waals surface area contributed by atoms with E-state index >= 15 is 0 Å². The van der Waals surface area contributed by atoms with Gasteiger partial charge in [0.1, 0.15) is 5.75 Å². The van der Waals surface area contributed by atoms with Gasteiger partial charge in [-0.15, -0.1) is 0 Å². The molecule has 6 nitrogen and oxygen atoms in total. The van der Waals surface area contributed by atoms with Crippen molar-refractivity contribution in [1.29, 1.82) is 0 Å². The zero-order chi connectivity index (χ0) is 21.7. The number of ether oxygens (including phenoxy) is 3. The van der Waals surface area contributed by atoms with Crippen LogP contribution in [0.4, 0.5) is 0 Å². The van der Waals surface area contributed by atoms with Crippen LogP contribution in [0.1, 0.15) is 35.1 Å². The first-order valence-corrected chi connectivity index (χ1v) is 10.8. The number of fused-ring (bicyclic) bond motifs is 7. The number of aliphatic hydroxyl groups excluding tert-OH is 2. The molecule has 0 aromatic heterocycles. The number of rotatable bonds is 5. The van der Waals surface area contributed by atoms with Crippen molar-refractivity contribution in [1.82, 2.24) is 4.90 Å². The lowest BCUT2D eigenvalue weighted by atomic mass is 9.83. The molecule has 1 saturated heterocycles. The molecule has 3 aromatic carbocycles. The lowest BCUT2D eigenvalue weighted by Gasteiger charge is -2.34. The summed E-state index contributed by atoms with van der Waals surface area (Å²) < 4.78 is 17.2. The Hall–Kier alpha value is -2.54. The molecule has 2 heterocycles. The minimum atomic E-state index is -0.145. The van der Waals surface area contributed by atoms with Crippen LogP contribution < -0.4 is 14.2 Å². The third kappa shape index (κ3) is 2.97. The molecule has 0 radical (unpaired) electrons. The number of methoxy groups -OCH3 is 3. The van der Waals surface area contributed by atoms with Crippen molar-refractivity contribution >= 4 is 21.5 Å². The molecule has 3 aromatic rings. The quantitative estimate of drug-likeness (QED) is 0.612. The number of hydrogen-bond donors (Lipinski definition) is 2. The van der Waals surface area contributed by atoms with Crippen LogP contribution in [0.15, 0.2) is 18.2 Å². The van der Waals surface area contributed by atoms with Gasteiger partial charge in [-0.25, -0.2) is 0 Å². The van der Waals surface area contributed by atoms with E-state index in [2.05, 4.69) is 11.0 Å². The Morgan fingerprint density at radius 3 is 2.29 bits per heavy atom. The number of hydrogen-bond acceptors (Lipinski definition) is 6. The van der Waals surface area contributed by atoms with E-state index in [1.807, 2.05) is 12.1 Å². The minimum Gasteiger partial charge on any atom is -0.496 e. The van der Waals surface area contributed by atoms with E-state index in [9.17, 15) is 10.2 Å². The van der Waals surface area contributed by atoms with Gasteiger partial charge < -0.3 is 24.4 Å². The van der Waals surface area contributed by atoms with Gasteiger partial charge in [-0.05, 0) is 71.3 Å². The molecule has 0 amide bonds. The third-order valence-corrected chi connectivity index (χ3v) is 7.06. The molecule has 0 aliphatic carbocycles.